The minimum Gasteiger partial charge on any atom is -0.383 e. The molecule has 1 aliphatic carbocycles. The van der Waals surface area contributed by atoms with Crippen LogP contribution in [0.3, 0.4) is 0 Å². The standard InChI is InChI=1S/C21H24N2O3/c1-14-10-15(2)12-18(11-14)23-20(25)19(24)22-13-21(26,17-8-9-17)16-6-4-3-5-7-16/h3-7,10-12,17,26H,8-9,13H2,1-2H3,(H,22,24)(H,23,25). The molecule has 0 aliphatic heterocycles. The van der Waals surface area contributed by atoms with Crippen LogP contribution in [0.5, 0.6) is 0 Å². The second-order valence-corrected chi connectivity index (χ2v) is 7.08. The molecule has 1 fully saturated rings. The van der Waals surface area contributed by atoms with Crippen molar-refractivity contribution in [2.24, 2.45) is 5.92 Å². The van der Waals surface area contributed by atoms with E-state index in [1.807, 2.05) is 62.4 Å². The van der Waals surface area contributed by atoms with Gasteiger partial charge in [0.15, 0.2) is 0 Å². The number of hydrogen-bond donors (Lipinski definition) is 3. The van der Waals surface area contributed by atoms with E-state index < -0.39 is 17.4 Å². The van der Waals surface area contributed by atoms with Gasteiger partial charge in [0.25, 0.3) is 0 Å². The normalized spacial score (nSPS) is 15.8. The summed E-state index contributed by atoms with van der Waals surface area (Å²) in [6, 6.07) is 14.9. The van der Waals surface area contributed by atoms with E-state index in [2.05, 4.69) is 10.6 Å². The molecule has 3 rings (SSSR count). The number of rotatable bonds is 5. The number of anilines is 1. The van der Waals surface area contributed by atoms with Crippen molar-refractivity contribution < 1.29 is 14.7 Å². The van der Waals surface area contributed by atoms with Crippen molar-refractivity contribution in [1.29, 1.82) is 0 Å². The van der Waals surface area contributed by atoms with Gasteiger partial charge in [-0.1, -0.05) is 36.4 Å². The number of amides is 2. The maximum Gasteiger partial charge on any atom is 0.313 e. The van der Waals surface area contributed by atoms with E-state index in [4.69, 9.17) is 0 Å². The fourth-order valence-corrected chi connectivity index (χ4v) is 3.30. The molecule has 0 radical (unpaired) electrons. The Labute approximate surface area is 153 Å². The number of hydrogen-bond acceptors (Lipinski definition) is 3. The minimum atomic E-state index is -1.14. The molecular formula is C21H24N2O3. The van der Waals surface area contributed by atoms with Crippen LogP contribution in [0.4, 0.5) is 5.69 Å². The summed E-state index contributed by atoms with van der Waals surface area (Å²) >= 11 is 0. The fourth-order valence-electron chi connectivity index (χ4n) is 3.30. The summed E-state index contributed by atoms with van der Waals surface area (Å²) in [5.74, 6) is -1.38. The Bertz CT molecular complexity index is 795. The lowest BCUT2D eigenvalue weighted by Gasteiger charge is -2.29. The third kappa shape index (κ3) is 4.11. The van der Waals surface area contributed by atoms with Crippen molar-refractivity contribution in [3.05, 3.63) is 65.2 Å². The zero-order valence-electron chi connectivity index (χ0n) is 15.1. The summed E-state index contributed by atoms with van der Waals surface area (Å²) in [5, 5.41) is 16.3. The molecule has 5 heteroatoms. The van der Waals surface area contributed by atoms with Gasteiger partial charge in [-0.2, -0.15) is 0 Å². The summed E-state index contributed by atoms with van der Waals surface area (Å²) < 4.78 is 0. The molecule has 0 aromatic heterocycles. The summed E-state index contributed by atoms with van der Waals surface area (Å²) in [6.45, 7) is 3.87. The maximum atomic E-state index is 12.2. The van der Waals surface area contributed by atoms with E-state index in [0.717, 1.165) is 29.5 Å². The molecule has 3 N–H and O–H groups in total. The van der Waals surface area contributed by atoms with Crippen molar-refractivity contribution in [3.63, 3.8) is 0 Å². The Morgan fingerprint density at radius 2 is 1.65 bits per heavy atom. The van der Waals surface area contributed by atoms with Crippen LogP contribution in [0, 0.1) is 19.8 Å². The van der Waals surface area contributed by atoms with Gasteiger partial charge in [0.1, 0.15) is 5.60 Å². The van der Waals surface area contributed by atoms with E-state index in [0.29, 0.717) is 5.69 Å². The molecule has 136 valence electrons. The van der Waals surface area contributed by atoms with Crippen LogP contribution in [0.25, 0.3) is 0 Å². The van der Waals surface area contributed by atoms with Crippen molar-refractivity contribution in [2.75, 3.05) is 11.9 Å². The van der Waals surface area contributed by atoms with Crippen LogP contribution in [0.1, 0.15) is 29.5 Å². The van der Waals surface area contributed by atoms with E-state index in [9.17, 15) is 14.7 Å². The lowest BCUT2D eigenvalue weighted by molar-refractivity contribution is -0.137. The molecule has 1 aliphatic rings. The van der Waals surface area contributed by atoms with Gasteiger partial charge in [0.05, 0.1) is 6.54 Å². The van der Waals surface area contributed by atoms with Crippen LogP contribution in [0.2, 0.25) is 0 Å². The Morgan fingerprint density at radius 1 is 1.04 bits per heavy atom. The Morgan fingerprint density at radius 3 is 2.23 bits per heavy atom. The molecule has 1 unspecified atom stereocenters. The van der Waals surface area contributed by atoms with Crippen LogP contribution < -0.4 is 10.6 Å². The van der Waals surface area contributed by atoms with E-state index in [1.165, 1.54) is 0 Å². The summed E-state index contributed by atoms with van der Waals surface area (Å²) in [4.78, 5) is 24.4. The van der Waals surface area contributed by atoms with Crippen LogP contribution in [-0.2, 0) is 15.2 Å². The zero-order chi connectivity index (χ0) is 18.7. The second kappa shape index (κ2) is 7.30. The molecule has 0 spiro atoms. The average Bonchev–Trinajstić information content (AvgIpc) is 3.44. The predicted molar refractivity (Wildman–Crippen MR) is 101 cm³/mol. The molecule has 2 aromatic carbocycles. The minimum absolute atomic E-state index is 0.0147. The molecule has 0 heterocycles. The topological polar surface area (TPSA) is 78.4 Å². The first-order valence-corrected chi connectivity index (χ1v) is 8.84. The molecule has 1 atom stereocenters. The largest absolute Gasteiger partial charge is 0.383 e. The highest BCUT2D eigenvalue weighted by Gasteiger charge is 2.45. The number of carbonyl (C=O) groups is 2. The third-order valence-corrected chi connectivity index (χ3v) is 4.73. The lowest BCUT2D eigenvalue weighted by Crippen LogP contribution is -2.45. The van der Waals surface area contributed by atoms with Crippen molar-refractivity contribution in [3.8, 4) is 0 Å². The number of aryl methyl sites for hydroxylation is 2. The van der Waals surface area contributed by atoms with Gasteiger partial charge >= 0.3 is 11.8 Å². The Kier molecular flexibility index (Phi) is 5.09. The second-order valence-electron chi connectivity index (χ2n) is 7.08. The molecule has 5 nitrogen and oxygen atoms in total. The third-order valence-electron chi connectivity index (χ3n) is 4.73. The van der Waals surface area contributed by atoms with Crippen molar-refractivity contribution in [2.45, 2.75) is 32.3 Å². The quantitative estimate of drug-likeness (QED) is 0.724. The molecular weight excluding hydrogens is 328 g/mol. The zero-order valence-corrected chi connectivity index (χ0v) is 15.1. The number of carbonyl (C=O) groups excluding carboxylic acids is 2. The van der Waals surface area contributed by atoms with Gasteiger partial charge in [0, 0.05) is 5.69 Å². The average molecular weight is 352 g/mol. The van der Waals surface area contributed by atoms with Crippen molar-refractivity contribution in [1.82, 2.24) is 5.32 Å². The highest BCUT2D eigenvalue weighted by Crippen LogP contribution is 2.45. The van der Waals surface area contributed by atoms with Gasteiger partial charge in [-0.25, -0.2) is 0 Å². The summed E-state index contributed by atoms with van der Waals surface area (Å²) in [6.07, 6.45) is 1.83. The van der Waals surface area contributed by atoms with E-state index in [-0.39, 0.29) is 12.5 Å². The summed E-state index contributed by atoms with van der Waals surface area (Å²) in [7, 11) is 0. The highest BCUT2D eigenvalue weighted by atomic mass is 16.3. The van der Waals surface area contributed by atoms with E-state index in [1.54, 1.807) is 0 Å². The smallest absolute Gasteiger partial charge is 0.313 e. The summed E-state index contributed by atoms with van der Waals surface area (Å²) in [5.41, 5.74) is 2.22. The highest BCUT2D eigenvalue weighted by molar-refractivity contribution is 6.39. The molecule has 26 heavy (non-hydrogen) atoms. The molecule has 0 bridgehead atoms. The monoisotopic (exact) mass is 352 g/mol. The number of benzene rings is 2. The number of aliphatic hydroxyl groups is 1. The fraction of sp³-hybridized carbons (Fsp3) is 0.333. The van der Waals surface area contributed by atoms with Crippen LogP contribution in [-0.4, -0.2) is 23.5 Å². The first-order valence-electron chi connectivity index (χ1n) is 8.84. The predicted octanol–water partition coefficient (Wildman–Crippen LogP) is 2.66. The molecule has 2 aromatic rings. The SMILES string of the molecule is Cc1cc(C)cc(NC(=O)C(=O)NCC(O)(c2ccccc2)C2CC2)c1. The Hall–Kier alpha value is -2.66. The van der Waals surface area contributed by atoms with Gasteiger partial charge in [0.2, 0.25) is 0 Å². The van der Waals surface area contributed by atoms with Crippen molar-refractivity contribution >= 4 is 17.5 Å². The Balaban J connectivity index is 1.64. The maximum absolute atomic E-state index is 12.2. The van der Waals surface area contributed by atoms with E-state index >= 15 is 0 Å². The van der Waals surface area contributed by atoms with Crippen LogP contribution in [0.15, 0.2) is 48.5 Å². The van der Waals surface area contributed by atoms with Gasteiger partial charge in [-0.05, 0) is 61.4 Å². The molecule has 1 saturated carbocycles. The van der Waals surface area contributed by atoms with Gasteiger partial charge in [-0.3, -0.25) is 9.59 Å². The van der Waals surface area contributed by atoms with Crippen LogP contribution >= 0.6 is 0 Å². The lowest BCUT2D eigenvalue weighted by atomic mass is 9.88. The van der Waals surface area contributed by atoms with Gasteiger partial charge < -0.3 is 15.7 Å². The first kappa shape index (κ1) is 18.1. The first-order chi connectivity index (χ1) is 12.4. The number of nitrogens with one attached hydrogen (secondary N) is 2. The van der Waals surface area contributed by atoms with Gasteiger partial charge in [-0.15, -0.1) is 0 Å². The molecule has 2 amide bonds. The molecule has 0 saturated heterocycles.